The number of aliphatic hydroxyl groups excluding tert-OH is 1. The Hall–Kier alpha value is -0.120. The molecule has 0 spiro atoms. The molecule has 0 aromatic heterocycles. The first-order valence-corrected chi connectivity index (χ1v) is 6.48. The minimum absolute atomic E-state index is 0.270. The largest absolute Gasteiger partial charge is 0.389 e. The summed E-state index contributed by atoms with van der Waals surface area (Å²) in [5.74, 6) is 0. The smallest absolute Gasteiger partial charge is 0.0897 e. The Kier molecular flexibility index (Phi) is 5.73. The second kappa shape index (κ2) is 6.58. The van der Waals surface area contributed by atoms with Crippen LogP contribution in [0.4, 0.5) is 0 Å². The Morgan fingerprint density at radius 2 is 1.94 bits per heavy atom. The molecular weight excluding hydrogens is 202 g/mol. The summed E-state index contributed by atoms with van der Waals surface area (Å²) < 4.78 is 5.66. The number of nitrogens with one attached hydrogen (secondary N) is 1. The molecule has 0 radical (unpaired) electrons. The van der Waals surface area contributed by atoms with Gasteiger partial charge in [-0.15, -0.1) is 0 Å². The van der Waals surface area contributed by atoms with Crippen molar-refractivity contribution >= 4 is 0 Å². The van der Waals surface area contributed by atoms with Crippen molar-refractivity contribution in [2.45, 2.75) is 58.7 Å². The number of aliphatic hydroxyl groups is 1. The summed E-state index contributed by atoms with van der Waals surface area (Å²) in [6, 6.07) is 0. The first-order chi connectivity index (χ1) is 7.47. The Morgan fingerprint density at radius 1 is 1.31 bits per heavy atom. The van der Waals surface area contributed by atoms with E-state index in [2.05, 4.69) is 26.1 Å². The molecule has 0 amide bonds. The molecule has 16 heavy (non-hydrogen) atoms. The minimum Gasteiger partial charge on any atom is -0.389 e. The van der Waals surface area contributed by atoms with Gasteiger partial charge in [0.2, 0.25) is 0 Å². The zero-order valence-electron chi connectivity index (χ0n) is 11.0. The van der Waals surface area contributed by atoms with E-state index in [-0.39, 0.29) is 11.5 Å². The van der Waals surface area contributed by atoms with Crippen LogP contribution in [0.15, 0.2) is 0 Å². The average Bonchev–Trinajstić information content (AvgIpc) is 2.65. The van der Waals surface area contributed by atoms with Crippen LogP contribution in [0.2, 0.25) is 0 Å². The third-order valence-electron chi connectivity index (χ3n) is 2.86. The summed E-state index contributed by atoms with van der Waals surface area (Å²) in [4.78, 5) is 0. The Labute approximate surface area is 99.6 Å². The molecule has 3 nitrogen and oxygen atoms in total. The van der Waals surface area contributed by atoms with Crippen LogP contribution >= 0.6 is 0 Å². The third-order valence-corrected chi connectivity index (χ3v) is 2.86. The van der Waals surface area contributed by atoms with Crippen molar-refractivity contribution in [2.24, 2.45) is 5.41 Å². The van der Waals surface area contributed by atoms with Crippen LogP contribution in [-0.4, -0.2) is 37.0 Å². The van der Waals surface area contributed by atoms with Crippen LogP contribution in [0.3, 0.4) is 0 Å². The van der Waals surface area contributed by atoms with Gasteiger partial charge in [0.1, 0.15) is 0 Å². The van der Waals surface area contributed by atoms with Gasteiger partial charge in [0.05, 0.1) is 18.8 Å². The van der Waals surface area contributed by atoms with E-state index in [1.165, 1.54) is 25.7 Å². The van der Waals surface area contributed by atoms with Crippen LogP contribution < -0.4 is 5.32 Å². The Balaban J connectivity index is 2.00. The molecule has 1 unspecified atom stereocenters. The molecule has 2 N–H and O–H groups in total. The first kappa shape index (κ1) is 13.9. The van der Waals surface area contributed by atoms with E-state index >= 15 is 0 Å². The Bertz CT molecular complexity index is 183. The monoisotopic (exact) mass is 229 g/mol. The number of ether oxygens (including phenoxy) is 1. The molecule has 1 fully saturated rings. The van der Waals surface area contributed by atoms with Crippen molar-refractivity contribution in [3.63, 3.8) is 0 Å². The van der Waals surface area contributed by atoms with Crippen molar-refractivity contribution in [1.82, 2.24) is 5.32 Å². The normalized spacial score (nSPS) is 20.2. The minimum atomic E-state index is -0.372. The van der Waals surface area contributed by atoms with Crippen molar-refractivity contribution in [3.05, 3.63) is 0 Å². The zero-order chi connectivity index (χ0) is 12.0. The van der Waals surface area contributed by atoms with Gasteiger partial charge >= 0.3 is 0 Å². The fourth-order valence-electron chi connectivity index (χ4n) is 1.97. The van der Waals surface area contributed by atoms with Gasteiger partial charge in [-0.3, -0.25) is 0 Å². The van der Waals surface area contributed by atoms with Crippen LogP contribution in [0.25, 0.3) is 0 Å². The van der Waals surface area contributed by atoms with Gasteiger partial charge in [-0.1, -0.05) is 33.6 Å². The van der Waals surface area contributed by atoms with Crippen LogP contribution in [0.1, 0.15) is 46.5 Å². The maximum Gasteiger partial charge on any atom is 0.0897 e. The molecule has 0 heterocycles. The van der Waals surface area contributed by atoms with E-state index in [0.29, 0.717) is 19.3 Å². The van der Waals surface area contributed by atoms with Gasteiger partial charge in [-0.25, -0.2) is 0 Å². The molecule has 0 saturated heterocycles. The summed E-state index contributed by atoms with van der Waals surface area (Å²) in [6.07, 6.45) is 4.93. The maximum absolute atomic E-state index is 9.72. The molecule has 1 atom stereocenters. The standard InChI is InChI=1S/C13H27NO2/c1-13(2,3)10-14-8-11(15)9-16-12-6-4-5-7-12/h11-12,14-15H,4-10H2,1-3H3. The number of hydrogen-bond donors (Lipinski definition) is 2. The predicted molar refractivity (Wildman–Crippen MR) is 66.5 cm³/mol. The summed E-state index contributed by atoms with van der Waals surface area (Å²) in [5, 5.41) is 13.0. The number of hydrogen-bond acceptors (Lipinski definition) is 3. The maximum atomic E-state index is 9.72. The molecule has 1 rings (SSSR count). The SMILES string of the molecule is CC(C)(C)CNCC(O)COC1CCCC1. The molecule has 0 bridgehead atoms. The molecule has 0 aromatic rings. The van der Waals surface area contributed by atoms with E-state index in [0.717, 1.165) is 6.54 Å². The summed E-state index contributed by atoms with van der Waals surface area (Å²) in [6.45, 7) is 8.57. The van der Waals surface area contributed by atoms with Crippen molar-refractivity contribution in [2.75, 3.05) is 19.7 Å². The van der Waals surface area contributed by atoms with Crippen molar-refractivity contribution in [3.8, 4) is 0 Å². The van der Waals surface area contributed by atoms with E-state index in [1.54, 1.807) is 0 Å². The highest BCUT2D eigenvalue weighted by atomic mass is 16.5. The first-order valence-electron chi connectivity index (χ1n) is 6.48. The molecule has 0 aromatic carbocycles. The highest BCUT2D eigenvalue weighted by Gasteiger charge is 2.17. The van der Waals surface area contributed by atoms with E-state index < -0.39 is 0 Å². The lowest BCUT2D eigenvalue weighted by Gasteiger charge is -2.21. The number of rotatable bonds is 6. The van der Waals surface area contributed by atoms with E-state index in [4.69, 9.17) is 4.74 Å². The molecule has 1 aliphatic carbocycles. The summed E-state index contributed by atoms with van der Waals surface area (Å²) in [5.41, 5.74) is 0.270. The topological polar surface area (TPSA) is 41.5 Å². The highest BCUT2D eigenvalue weighted by molar-refractivity contribution is 4.70. The second-order valence-corrected chi connectivity index (χ2v) is 6.09. The lowest BCUT2D eigenvalue weighted by molar-refractivity contribution is -0.00589. The van der Waals surface area contributed by atoms with Gasteiger partial charge < -0.3 is 15.2 Å². The van der Waals surface area contributed by atoms with Gasteiger partial charge in [0.25, 0.3) is 0 Å². The molecule has 0 aliphatic heterocycles. The van der Waals surface area contributed by atoms with Gasteiger partial charge in [0.15, 0.2) is 0 Å². The summed E-state index contributed by atoms with van der Waals surface area (Å²) >= 11 is 0. The quantitative estimate of drug-likeness (QED) is 0.731. The molecule has 96 valence electrons. The van der Waals surface area contributed by atoms with Gasteiger partial charge in [-0.2, -0.15) is 0 Å². The third kappa shape index (κ3) is 6.46. The average molecular weight is 229 g/mol. The van der Waals surface area contributed by atoms with Crippen molar-refractivity contribution < 1.29 is 9.84 Å². The lowest BCUT2D eigenvalue weighted by Crippen LogP contribution is -2.36. The van der Waals surface area contributed by atoms with Crippen molar-refractivity contribution in [1.29, 1.82) is 0 Å². The molecule has 1 aliphatic rings. The molecule has 3 heteroatoms. The fourth-order valence-corrected chi connectivity index (χ4v) is 1.97. The second-order valence-electron chi connectivity index (χ2n) is 6.09. The van der Waals surface area contributed by atoms with E-state index in [1.807, 2.05) is 0 Å². The fraction of sp³-hybridized carbons (Fsp3) is 1.00. The lowest BCUT2D eigenvalue weighted by atomic mass is 9.97. The van der Waals surface area contributed by atoms with E-state index in [9.17, 15) is 5.11 Å². The van der Waals surface area contributed by atoms with Crippen LogP contribution in [-0.2, 0) is 4.74 Å². The van der Waals surface area contributed by atoms with Gasteiger partial charge in [0, 0.05) is 13.1 Å². The van der Waals surface area contributed by atoms with Crippen LogP contribution in [0.5, 0.6) is 0 Å². The highest BCUT2D eigenvalue weighted by Crippen LogP contribution is 2.20. The van der Waals surface area contributed by atoms with Crippen LogP contribution in [0, 0.1) is 5.41 Å². The molecule has 1 saturated carbocycles. The predicted octanol–water partition coefficient (Wildman–Crippen LogP) is 1.94. The Morgan fingerprint density at radius 3 is 2.50 bits per heavy atom. The van der Waals surface area contributed by atoms with Gasteiger partial charge in [-0.05, 0) is 18.3 Å². The zero-order valence-corrected chi connectivity index (χ0v) is 11.0. The summed E-state index contributed by atoms with van der Waals surface area (Å²) in [7, 11) is 0. The molecular formula is C13H27NO2.